The second-order valence-corrected chi connectivity index (χ2v) is 5.34. The summed E-state index contributed by atoms with van der Waals surface area (Å²) in [5, 5.41) is 11.0. The normalized spacial score (nSPS) is 10.7. The van der Waals surface area contributed by atoms with Crippen LogP contribution in [0.4, 0.5) is 5.13 Å². The summed E-state index contributed by atoms with van der Waals surface area (Å²) in [6.45, 7) is 0. The van der Waals surface area contributed by atoms with E-state index in [0.29, 0.717) is 5.13 Å². The van der Waals surface area contributed by atoms with Gasteiger partial charge >= 0.3 is 0 Å². The topological polar surface area (TPSA) is 54.9 Å². The van der Waals surface area contributed by atoms with Crippen molar-refractivity contribution in [3.63, 3.8) is 0 Å². The summed E-state index contributed by atoms with van der Waals surface area (Å²) in [7, 11) is 0. The molecule has 0 unspecified atom stereocenters. The molecule has 0 saturated carbocycles. The maximum atomic E-state index is 11.6. The van der Waals surface area contributed by atoms with E-state index in [9.17, 15) is 4.79 Å². The highest BCUT2D eigenvalue weighted by atomic mass is 32.2. The number of amides is 1. The van der Waals surface area contributed by atoms with Gasteiger partial charge in [0.25, 0.3) is 0 Å². The van der Waals surface area contributed by atoms with Crippen molar-refractivity contribution in [3.05, 3.63) is 42.0 Å². The van der Waals surface area contributed by atoms with E-state index in [2.05, 4.69) is 15.5 Å². The molecule has 18 heavy (non-hydrogen) atoms. The van der Waals surface area contributed by atoms with E-state index in [-0.39, 0.29) is 5.91 Å². The van der Waals surface area contributed by atoms with Crippen molar-refractivity contribution >= 4 is 40.2 Å². The molecule has 92 valence electrons. The number of thioether (sulfide) groups is 1. The van der Waals surface area contributed by atoms with Gasteiger partial charge in [-0.2, -0.15) is 0 Å². The predicted octanol–water partition coefficient (Wildman–Crippen LogP) is 2.91. The number of aromatic nitrogens is 2. The van der Waals surface area contributed by atoms with E-state index < -0.39 is 0 Å². The van der Waals surface area contributed by atoms with Gasteiger partial charge in [-0.25, -0.2) is 0 Å². The summed E-state index contributed by atoms with van der Waals surface area (Å²) in [4.78, 5) is 11.6. The third-order valence-corrected chi connectivity index (χ3v) is 3.85. The van der Waals surface area contributed by atoms with Crippen molar-refractivity contribution < 1.29 is 4.79 Å². The molecule has 4 nitrogen and oxygen atoms in total. The van der Waals surface area contributed by atoms with Crippen LogP contribution in [0.2, 0.25) is 0 Å². The highest BCUT2D eigenvalue weighted by Gasteiger charge is 2.04. The Bertz CT molecular complexity index is 551. The van der Waals surface area contributed by atoms with E-state index in [4.69, 9.17) is 0 Å². The molecular weight excluding hydrogens is 266 g/mol. The van der Waals surface area contributed by atoms with Crippen molar-refractivity contribution in [2.75, 3.05) is 11.6 Å². The molecule has 0 aliphatic carbocycles. The second kappa shape index (κ2) is 6.32. The summed E-state index contributed by atoms with van der Waals surface area (Å²) in [6.07, 6.45) is 5.16. The van der Waals surface area contributed by atoms with Crippen LogP contribution in [0.5, 0.6) is 0 Å². The van der Waals surface area contributed by atoms with Crippen LogP contribution < -0.4 is 5.32 Å². The van der Waals surface area contributed by atoms with Gasteiger partial charge in [0, 0.05) is 6.08 Å². The minimum absolute atomic E-state index is 0.206. The smallest absolute Gasteiger partial charge is 0.250 e. The fourth-order valence-electron chi connectivity index (χ4n) is 1.23. The molecule has 1 heterocycles. The minimum Gasteiger partial charge on any atom is -0.297 e. The molecule has 0 fully saturated rings. The number of rotatable bonds is 4. The van der Waals surface area contributed by atoms with Crippen molar-refractivity contribution in [2.45, 2.75) is 4.34 Å². The molecule has 2 aromatic rings. The van der Waals surface area contributed by atoms with Crippen LogP contribution in [-0.4, -0.2) is 22.4 Å². The van der Waals surface area contributed by atoms with Gasteiger partial charge in [0.15, 0.2) is 4.34 Å². The van der Waals surface area contributed by atoms with E-state index in [1.54, 1.807) is 6.08 Å². The maximum absolute atomic E-state index is 11.6. The number of benzene rings is 1. The number of hydrogen-bond acceptors (Lipinski definition) is 5. The molecule has 6 heteroatoms. The molecular formula is C12H11N3OS2. The highest BCUT2D eigenvalue weighted by Crippen LogP contribution is 2.22. The van der Waals surface area contributed by atoms with Gasteiger partial charge in [0.1, 0.15) is 0 Å². The van der Waals surface area contributed by atoms with Crippen LogP contribution in [0, 0.1) is 0 Å². The van der Waals surface area contributed by atoms with Gasteiger partial charge < -0.3 is 0 Å². The molecule has 0 spiro atoms. The van der Waals surface area contributed by atoms with Crippen LogP contribution in [0.1, 0.15) is 5.56 Å². The Morgan fingerprint density at radius 3 is 2.78 bits per heavy atom. The largest absolute Gasteiger partial charge is 0.297 e. The first-order valence-electron chi connectivity index (χ1n) is 5.19. The zero-order valence-electron chi connectivity index (χ0n) is 9.66. The zero-order valence-corrected chi connectivity index (χ0v) is 11.3. The summed E-state index contributed by atoms with van der Waals surface area (Å²) < 4.78 is 0.831. The zero-order chi connectivity index (χ0) is 12.8. The Balaban J connectivity index is 1.94. The third kappa shape index (κ3) is 3.68. The summed E-state index contributed by atoms with van der Waals surface area (Å²) >= 11 is 2.86. The summed E-state index contributed by atoms with van der Waals surface area (Å²) in [6, 6.07) is 9.64. The Hall–Kier alpha value is -1.66. The second-order valence-electron chi connectivity index (χ2n) is 3.31. The molecule has 1 amide bonds. The van der Waals surface area contributed by atoms with E-state index in [1.807, 2.05) is 36.6 Å². The molecule has 0 atom stereocenters. The lowest BCUT2D eigenvalue weighted by Gasteiger charge is -1.94. The summed E-state index contributed by atoms with van der Waals surface area (Å²) in [5.41, 5.74) is 0.981. The van der Waals surface area contributed by atoms with Crippen LogP contribution in [0.25, 0.3) is 6.08 Å². The Labute approximate surface area is 113 Å². The van der Waals surface area contributed by atoms with Gasteiger partial charge in [-0.05, 0) is 17.9 Å². The monoisotopic (exact) mass is 277 g/mol. The maximum Gasteiger partial charge on any atom is 0.250 e. The van der Waals surface area contributed by atoms with Crippen LogP contribution in [-0.2, 0) is 4.79 Å². The molecule has 2 rings (SSSR count). The number of hydrogen-bond donors (Lipinski definition) is 1. The van der Waals surface area contributed by atoms with Crippen LogP contribution >= 0.6 is 23.1 Å². The Morgan fingerprint density at radius 1 is 1.33 bits per heavy atom. The molecule has 0 aliphatic heterocycles. The minimum atomic E-state index is -0.206. The molecule has 0 aliphatic rings. The number of carbonyl (C=O) groups excluding carboxylic acids is 1. The van der Waals surface area contributed by atoms with Crippen molar-refractivity contribution in [3.8, 4) is 0 Å². The van der Waals surface area contributed by atoms with Crippen molar-refractivity contribution in [2.24, 2.45) is 0 Å². The fourth-order valence-corrected chi connectivity index (χ4v) is 2.40. The standard InChI is InChI=1S/C12H11N3OS2/c1-17-12-15-14-11(18-12)13-10(16)8-7-9-5-3-2-4-6-9/h2-8H,1H3,(H,13,14,16). The predicted molar refractivity (Wildman–Crippen MR) is 75.8 cm³/mol. The number of nitrogens with one attached hydrogen (secondary N) is 1. The Kier molecular flexibility index (Phi) is 4.49. The van der Waals surface area contributed by atoms with Crippen molar-refractivity contribution in [1.29, 1.82) is 0 Å². The molecule has 0 radical (unpaired) electrons. The molecule has 1 N–H and O–H groups in total. The van der Waals surface area contributed by atoms with Gasteiger partial charge in [-0.1, -0.05) is 53.4 Å². The average Bonchev–Trinajstić information content (AvgIpc) is 2.85. The molecule has 1 aromatic heterocycles. The quantitative estimate of drug-likeness (QED) is 0.530. The van der Waals surface area contributed by atoms with Gasteiger partial charge in [-0.3, -0.25) is 10.1 Å². The first-order chi connectivity index (χ1) is 8.78. The third-order valence-electron chi connectivity index (χ3n) is 2.04. The van der Waals surface area contributed by atoms with Gasteiger partial charge in [0.05, 0.1) is 0 Å². The van der Waals surface area contributed by atoms with Gasteiger partial charge in [0.2, 0.25) is 11.0 Å². The van der Waals surface area contributed by atoms with Gasteiger partial charge in [-0.15, -0.1) is 10.2 Å². The first-order valence-corrected chi connectivity index (χ1v) is 7.23. The van der Waals surface area contributed by atoms with E-state index >= 15 is 0 Å². The van der Waals surface area contributed by atoms with E-state index in [1.165, 1.54) is 29.2 Å². The lowest BCUT2D eigenvalue weighted by Crippen LogP contribution is -2.07. The fraction of sp³-hybridized carbons (Fsp3) is 0.0833. The molecule has 0 bridgehead atoms. The van der Waals surface area contributed by atoms with E-state index in [0.717, 1.165) is 9.90 Å². The first kappa shape index (κ1) is 12.8. The Morgan fingerprint density at radius 2 is 2.11 bits per heavy atom. The highest BCUT2D eigenvalue weighted by molar-refractivity contribution is 8.00. The lowest BCUT2D eigenvalue weighted by molar-refractivity contribution is -0.111. The van der Waals surface area contributed by atoms with Crippen molar-refractivity contribution in [1.82, 2.24) is 10.2 Å². The lowest BCUT2D eigenvalue weighted by atomic mass is 10.2. The van der Waals surface area contributed by atoms with Crippen LogP contribution in [0.15, 0.2) is 40.7 Å². The SMILES string of the molecule is CSc1nnc(NC(=O)C=Cc2ccccc2)s1. The summed E-state index contributed by atoms with van der Waals surface area (Å²) in [5.74, 6) is -0.206. The van der Waals surface area contributed by atoms with Crippen LogP contribution in [0.3, 0.4) is 0 Å². The number of anilines is 1. The molecule has 1 aromatic carbocycles. The average molecular weight is 277 g/mol. The number of carbonyl (C=O) groups is 1. The molecule has 0 saturated heterocycles. The number of nitrogens with zero attached hydrogens (tertiary/aromatic N) is 2.